The Morgan fingerprint density at radius 3 is 3.00 bits per heavy atom. The molecule has 0 radical (unpaired) electrons. The lowest BCUT2D eigenvalue weighted by atomic mass is 10.2. The van der Waals surface area contributed by atoms with Crippen molar-refractivity contribution in [1.82, 2.24) is 19.7 Å². The predicted molar refractivity (Wildman–Crippen MR) is 77.9 cm³/mol. The van der Waals surface area contributed by atoms with E-state index in [2.05, 4.69) is 19.7 Å². The number of aromatic carboxylic acids is 1. The quantitative estimate of drug-likeness (QED) is 0.935. The first-order chi connectivity index (χ1) is 10.1. The van der Waals surface area contributed by atoms with Gasteiger partial charge in [0, 0.05) is 19.2 Å². The molecule has 2 aromatic rings. The number of halogens is 1. The van der Waals surface area contributed by atoms with Gasteiger partial charge in [-0.3, -0.25) is 0 Å². The maximum absolute atomic E-state index is 11.1. The van der Waals surface area contributed by atoms with Gasteiger partial charge in [-0.15, -0.1) is 10.2 Å². The SMILES string of the molecule is O=C(O)c1cc(Sc2nnc3n2CCCCC3)ncc1Cl. The number of pyridine rings is 1. The number of carbonyl (C=O) groups is 1. The first-order valence-corrected chi connectivity index (χ1v) is 7.83. The fraction of sp³-hybridized carbons (Fsp3) is 0.385. The van der Waals surface area contributed by atoms with Crippen LogP contribution in [0.3, 0.4) is 0 Å². The van der Waals surface area contributed by atoms with Crippen LogP contribution in [-0.2, 0) is 13.0 Å². The van der Waals surface area contributed by atoms with Crippen molar-refractivity contribution in [1.29, 1.82) is 0 Å². The molecule has 0 atom stereocenters. The van der Waals surface area contributed by atoms with Crippen LogP contribution in [-0.4, -0.2) is 30.8 Å². The zero-order valence-corrected chi connectivity index (χ0v) is 12.7. The van der Waals surface area contributed by atoms with Gasteiger partial charge in [-0.25, -0.2) is 9.78 Å². The minimum atomic E-state index is -1.07. The highest BCUT2D eigenvalue weighted by Gasteiger charge is 2.17. The molecule has 6 nitrogen and oxygen atoms in total. The molecule has 1 N–H and O–H groups in total. The fourth-order valence-electron chi connectivity index (χ4n) is 2.27. The molecule has 110 valence electrons. The van der Waals surface area contributed by atoms with Gasteiger partial charge in [0.1, 0.15) is 10.9 Å². The second kappa shape index (κ2) is 6.03. The zero-order valence-electron chi connectivity index (χ0n) is 11.1. The Bertz CT molecular complexity index is 689. The Morgan fingerprint density at radius 1 is 1.33 bits per heavy atom. The number of aryl methyl sites for hydroxylation is 1. The number of aromatic nitrogens is 4. The number of nitrogens with zero attached hydrogens (tertiary/aromatic N) is 4. The van der Waals surface area contributed by atoms with E-state index in [9.17, 15) is 4.79 Å². The predicted octanol–water partition coefficient (Wildman–Crippen LogP) is 2.90. The van der Waals surface area contributed by atoms with Crippen molar-refractivity contribution in [2.75, 3.05) is 0 Å². The third-order valence-corrected chi connectivity index (χ3v) is 4.55. The van der Waals surface area contributed by atoms with Gasteiger partial charge in [0.2, 0.25) is 0 Å². The highest BCUT2D eigenvalue weighted by molar-refractivity contribution is 7.99. The summed E-state index contributed by atoms with van der Waals surface area (Å²) in [5.74, 6) is -0.0771. The second-order valence-electron chi connectivity index (χ2n) is 4.77. The average Bonchev–Trinajstić information content (AvgIpc) is 2.69. The lowest BCUT2D eigenvalue weighted by Gasteiger charge is -2.06. The molecule has 3 heterocycles. The molecule has 0 fully saturated rings. The van der Waals surface area contributed by atoms with Gasteiger partial charge in [-0.05, 0) is 30.7 Å². The summed E-state index contributed by atoms with van der Waals surface area (Å²) in [6, 6.07) is 1.47. The minimum absolute atomic E-state index is 0.0461. The Labute approximate surface area is 130 Å². The molecule has 1 aliphatic heterocycles. The zero-order chi connectivity index (χ0) is 14.8. The molecule has 0 aliphatic carbocycles. The van der Waals surface area contributed by atoms with Crippen LogP contribution < -0.4 is 0 Å². The summed E-state index contributed by atoms with van der Waals surface area (Å²) in [5, 5.41) is 18.9. The maximum atomic E-state index is 11.1. The second-order valence-corrected chi connectivity index (χ2v) is 6.17. The van der Waals surface area contributed by atoms with Gasteiger partial charge < -0.3 is 9.67 Å². The summed E-state index contributed by atoms with van der Waals surface area (Å²) >= 11 is 7.14. The van der Waals surface area contributed by atoms with Crippen molar-refractivity contribution >= 4 is 29.3 Å². The highest BCUT2D eigenvalue weighted by Crippen LogP contribution is 2.29. The smallest absolute Gasteiger partial charge is 0.337 e. The number of carboxylic acids is 1. The molecule has 0 saturated heterocycles. The minimum Gasteiger partial charge on any atom is -0.478 e. The molecule has 0 aromatic carbocycles. The monoisotopic (exact) mass is 324 g/mol. The molecule has 3 rings (SSSR count). The van der Waals surface area contributed by atoms with E-state index in [4.69, 9.17) is 16.7 Å². The van der Waals surface area contributed by atoms with Gasteiger partial charge in [0.25, 0.3) is 0 Å². The van der Waals surface area contributed by atoms with Gasteiger partial charge >= 0.3 is 5.97 Å². The molecule has 0 bridgehead atoms. The van der Waals surface area contributed by atoms with Gasteiger partial charge in [0.15, 0.2) is 5.16 Å². The molecule has 8 heteroatoms. The molecule has 1 aliphatic rings. The first-order valence-electron chi connectivity index (χ1n) is 6.64. The average molecular weight is 325 g/mol. The van der Waals surface area contributed by atoms with Gasteiger partial charge in [0.05, 0.1) is 10.6 Å². The Kier molecular flexibility index (Phi) is 4.12. The summed E-state index contributed by atoms with van der Waals surface area (Å²) in [4.78, 5) is 15.3. The first kappa shape index (κ1) is 14.3. The number of carboxylic acid groups (broad SMARTS) is 1. The topological polar surface area (TPSA) is 80.9 Å². The summed E-state index contributed by atoms with van der Waals surface area (Å²) < 4.78 is 2.09. The lowest BCUT2D eigenvalue weighted by Crippen LogP contribution is -2.03. The number of rotatable bonds is 3. The molecule has 2 aromatic heterocycles. The van der Waals surface area contributed by atoms with Crippen molar-refractivity contribution in [3.05, 3.63) is 28.7 Å². The van der Waals surface area contributed by atoms with Crippen LogP contribution in [0.15, 0.2) is 22.4 Å². The van der Waals surface area contributed by atoms with Crippen LogP contribution in [0.25, 0.3) is 0 Å². The van der Waals surface area contributed by atoms with E-state index in [0.717, 1.165) is 36.8 Å². The van der Waals surface area contributed by atoms with E-state index in [1.54, 1.807) is 0 Å². The van der Waals surface area contributed by atoms with Crippen molar-refractivity contribution < 1.29 is 9.90 Å². The van der Waals surface area contributed by atoms with E-state index in [-0.39, 0.29) is 10.6 Å². The standard InChI is InChI=1S/C13H13ClN4O2S/c14-9-7-15-11(6-8(9)12(19)20)21-13-17-16-10-4-2-1-3-5-18(10)13/h6-7H,1-5H2,(H,19,20). The molecule has 0 spiro atoms. The Balaban J connectivity index is 1.89. The van der Waals surface area contributed by atoms with E-state index in [0.29, 0.717) is 5.03 Å². The molecule has 0 amide bonds. The van der Waals surface area contributed by atoms with E-state index >= 15 is 0 Å². The third kappa shape index (κ3) is 3.03. The summed E-state index contributed by atoms with van der Waals surface area (Å²) in [6.45, 7) is 0.893. The highest BCUT2D eigenvalue weighted by atomic mass is 35.5. The Morgan fingerprint density at radius 2 is 2.19 bits per heavy atom. The molecule has 21 heavy (non-hydrogen) atoms. The maximum Gasteiger partial charge on any atom is 0.337 e. The largest absolute Gasteiger partial charge is 0.478 e. The summed E-state index contributed by atoms with van der Waals surface area (Å²) in [5.41, 5.74) is 0.0461. The van der Waals surface area contributed by atoms with Crippen LogP contribution in [0.2, 0.25) is 5.02 Å². The van der Waals surface area contributed by atoms with Crippen LogP contribution >= 0.6 is 23.4 Å². The van der Waals surface area contributed by atoms with Crippen molar-refractivity contribution in [2.45, 2.75) is 42.4 Å². The Hall–Kier alpha value is -1.60. The van der Waals surface area contributed by atoms with Crippen LogP contribution in [0.1, 0.15) is 35.4 Å². The van der Waals surface area contributed by atoms with E-state index in [1.807, 2.05) is 0 Å². The van der Waals surface area contributed by atoms with Crippen LogP contribution in [0, 0.1) is 0 Å². The number of fused-ring (bicyclic) bond motifs is 1. The lowest BCUT2D eigenvalue weighted by molar-refractivity contribution is 0.0696. The van der Waals surface area contributed by atoms with Gasteiger partial charge in [-0.1, -0.05) is 18.0 Å². The van der Waals surface area contributed by atoms with Crippen molar-refractivity contribution in [3.63, 3.8) is 0 Å². The van der Waals surface area contributed by atoms with Gasteiger partial charge in [-0.2, -0.15) is 0 Å². The van der Waals surface area contributed by atoms with Crippen molar-refractivity contribution in [2.24, 2.45) is 0 Å². The van der Waals surface area contributed by atoms with Crippen molar-refractivity contribution in [3.8, 4) is 0 Å². The summed E-state index contributed by atoms with van der Waals surface area (Å²) in [6.07, 6.45) is 5.71. The number of hydrogen-bond donors (Lipinski definition) is 1. The normalized spacial score (nSPS) is 14.5. The molecular formula is C13H13ClN4O2S. The third-order valence-electron chi connectivity index (χ3n) is 3.33. The van der Waals surface area contributed by atoms with Crippen LogP contribution in [0.4, 0.5) is 0 Å². The summed E-state index contributed by atoms with van der Waals surface area (Å²) in [7, 11) is 0. The van der Waals surface area contributed by atoms with Crippen LogP contribution in [0.5, 0.6) is 0 Å². The van der Waals surface area contributed by atoms with E-state index < -0.39 is 5.97 Å². The number of hydrogen-bond acceptors (Lipinski definition) is 5. The molecular weight excluding hydrogens is 312 g/mol. The van der Waals surface area contributed by atoms with E-state index in [1.165, 1.54) is 30.4 Å². The fourth-order valence-corrected chi connectivity index (χ4v) is 3.31. The molecule has 0 unspecified atom stereocenters. The molecule has 0 saturated carbocycles.